The van der Waals surface area contributed by atoms with E-state index in [2.05, 4.69) is 5.32 Å². The molecule has 1 N–H and O–H groups in total. The first-order valence-corrected chi connectivity index (χ1v) is 14.9. The second kappa shape index (κ2) is 13.7. The molecule has 0 saturated carbocycles. The smallest absolute Gasteiger partial charge is 0.244 e. The number of carbonyl (C=O) groups is 2. The molecule has 0 spiro atoms. The second-order valence-corrected chi connectivity index (χ2v) is 11.9. The van der Waals surface area contributed by atoms with Gasteiger partial charge in [-0.2, -0.15) is 0 Å². The highest BCUT2D eigenvalue weighted by atomic mass is 35.5. The minimum absolute atomic E-state index is 0.00681. The molecule has 214 valence electrons. The van der Waals surface area contributed by atoms with Crippen molar-refractivity contribution >= 4 is 39.1 Å². The highest BCUT2D eigenvalue weighted by Gasteiger charge is 2.33. The van der Waals surface area contributed by atoms with Gasteiger partial charge in [0.2, 0.25) is 21.8 Å². The van der Waals surface area contributed by atoms with Crippen LogP contribution in [0.1, 0.15) is 31.4 Å². The summed E-state index contributed by atoms with van der Waals surface area (Å²) >= 11 is 5.90. The number of halogens is 3. The maximum absolute atomic E-state index is 13.9. The lowest BCUT2D eigenvalue weighted by atomic mass is 10.0. The average molecular weight is 592 g/mol. The Morgan fingerprint density at radius 2 is 1.62 bits per heavy atom. The van der Waals surface area contributed by atoms with E-state index in [-0.39, 0.29) is 29.7 Å². The molecule has 2 atom stereocenters. The van der Waals surface area contributed by atoms with Crippen LogP contribution in [0.5, 0.6) is 0 Å². The monoisotopic (exact) mass is 591 g/mol. The quantitative estimate of drug-likeness (QED) is 0.323. The highest BCUT2D eigenvalue weighted by Crippen LogP contribution is 2.25. The predicted octanol–water partition coefficient (Wildman–Crippen LogP) is 4.94. The molecule has 7 nitrogen and oxygen atoms in total. The number of hydrogen-bond donors (Lipinski definition) is 1. The fourth-order valence-electron chi connectivity index (χ4n) is 4.04. The minimum atomic E-state index is -4.03. The highest BCUT2D eigenvalue weighted by molar-refractivity contribution is 7.92. The third kappa shape index (κ3) is 8.50. The zero-order valence-electron chi connectivity index (χ0n) is 22.5. The molecule has 3 aromatic rings. The van der Waals surface area contributed by atoms with Gasteiger partial charge in [0.25, 0.3) is 0 Å². The van der Waals surface area contributed by atoms with Crippen LogP contribution in [-0.4, -0.2) is 50.0 Å². The fourth-order valence-corrected chi connectivity index (χ4v) is 5.05. The Labute approximate surface area is 238 Å². The number of sulfonamides is 1. The van der Waals surface area contributed by atoms with E-state index in [4.69, 9.17) is 11.6 Å². The van der Waals surface area contributed by atoms with E-state index in [1.165, 1.54) is 35.2 Å². The van der Waals surface area contributed by atoms with Crippen LogP contribution < -0.4 is 9.62 Å². The van der Waals surface area contributed by atoms with Gasteiger partial charge in [-0.15, -0.1) is 0 Å². The summed E-state index contributed by atoms with van der Waals surface area (Å²) in [5, 5.41) is 2.62. The van der Waals surface area contributed by atoms with E-state index in [1.54, 1.807) is 0 Å². The molecule has 0 aliphatic rings. The van der Waals surface area contributed by atoms with Crippen molar-refractivity contribution in [1.82, 2.24) is 10.2 Å². The van der Waals surface area contributed by atoms with Crippen LogP contribution in [0.25, 0.3) is 0 Å². The van der Waals surface area contributed by atoms with Crippen molar-refractivity contribution in [3.8, 4) is 0 Å². The van der Waals surface area contributed by atoms with Crippen LogP contribution in [0, 0.1) is 11.6 Å². The van der Waals surface area contributed by atoms with Gasteiger partial charge in [0.05, 0.1) is 17.0 Å². The maximum Gasteiger partial charge on any atom is 0.244 e. The Balaban J connectivity index is 2.06. The molecule has 3 rings (SSSR count). The van der Waals surface area contributed by atoms with Crippen molar-refractivity contribution in [1.29, 1.82) is 0 Å². The van der Waals surface area contributed by atoms with Gasteiger partial charge in [0, 0.05) is 19.0 Å². The van der Waals surface area contributed by atoms with Gasteiger partial charge in [-0.05, 0) is 54.8 Å². The number of hydrogen-bond acceptors (Lipinski definition) is 4. The molecule has 0 radical (unpaired) electrons. The summed E-state index contributed by atoms with van der Waals surface area (Å²) in [4.78, 5) is 28.8. The molecular weight excluding hydrogens is 560 g/mol. The topological polar surface area (TPSA) is 86.8 Å². The van der Waals surface area contributed by atoms with Gasteiger partial charge in [-0.1, -0.05) is 61.0 Å². The number of amides is 2. The van der Waals surface area contributed by atoms with E-state index < -0.39 is 46.1 Å². The van der Waals surface area contributed by atoms with Crippen molar-refractivity contribution in [2.75, 3.05) is 17.1 Å². The average Bonchev–Trinajstić information content (AvgIpc) is 2.91. The van der Waals surface area contributed by atoms with Gasteiger partial charge in [-0.3, -0.25) is 13.9 Å². The van der Waals surface area contributed by atoms with Gasteiger partial charge >= 0.3 is 0 Å². The zero-order chi connectivity index (χ0) is 29.4. The van der Waals surface area contributed by atoms with Crippen LogP contribution in [0.2, 0.25) is 5.02 Å². The number of anilines is 1. The van der Waals surface area contributed by atoms with Crippen molar-refractivity contribution in [2.24, 2.45) is 0 Å². The standard InChI is InChI=1S/C29H32ClF2N3O4S/c1-4-20(2)33-29(37)27(16-21-8-6-5-7-9-21)34(18-22-10-12-23(31)13-11-22)28(36)19-35(40(3,38)39)24-14-15-26(32)25(30)17-24/h5-15,17,20,27H,4,16,18-19H2,1-3H3,(H,33,37)/t20-,27-/m0/s1. The number of carbonyl (C=O) groups excluding carboxylic acids is 2. The number of nitrogens with one attached hydrogen (secondary N) is 1. The van der Waals surface area contributed by atoms with Crippen LogP contribution >= 0.6 is 11.6 Å². The molecule has 0 saturated heterocycles. The predicted molar refractivity (Wildman–Crippen MR) is 152 cm³/mol. The van der Waals surface area contributed by atoms with Crippen molar-refractivity contribution in [3.05, 3.63) is 101 Å². The molecule has 0 unspecified atom stereocenters. The van der Waals surface area contributed by atoms with E-state index in [0.29, 0.717) is 12.0 Å². The molecule has 0 bridgehead atoms. The Bertz CT molecular complexity index is 1420. The molecule has 2 amide bonds. The van der Waals surface area contributed by atoms with Gasteiger partial charge < -0.3 is 10.2 Å². The Morgan fingerprint density at radius 1 is 0.975 bits per heavy atom. The largest absolute Gasteiger partial charge is 0.352 e. The third-order valence-corrected chi connectivity index (χ3v) is 7.84. The first kappa shape index (κ1) is 31.0. The Kier molecular flexibility index (Phi) is 10.6. The Hall–Kier alpha value is -3.50. The molecule has 0 heterocycles. The Morgan fingerprint density at radius 3 is 2.20 bits per heavy atom. The van der Waals surface area contributed by atoms with Gasteiger partial charge in [0.1, 0.15) is 24.2 Å². The molecule has 0 fully saturated rings. The summed E-state index contributed by atoms with van der Waals surface area (Å²) in [5.41, 5.74) is 1.32. The first-order chi connectivity index (χ1) is 18.9. The maximum atomic E-state index is 13.9. The van der Waals surface area contributed by atoms with Crippen LogP contribution in [-0.2, 0) is 32.6 Å². The lowest BCUT2D eigenvalue weighted by molar-refractivity contribution is -0.140. The van der Waals surface area contributed by atoms with Crippen molar-refractivity contribution in [3.63, 3.8) is 0 Å². The normalized spacial score (nSPS) is 12.8. The third-order valence-electron chi connectivity index (χ3n) is 6.41. The molecule has 0 aliphatic heterocycles. The van der Waals surface area contributed by atoms with E-state index >= 15 is 0 Å². The summed E-state index contributed by atoms with van der Waals surface area (Å²) in [6, 6.07) is 16.7. The summed E-state index contributed by atoms with van der Waals surface area (Å²) in [6.07, 6.45) is 1.72. The van der Waals surface area contributed by atoms with Crippen molar-refractivity contribution in [2.45, 2.75) is 45.3 Å². The molecular formula is C29H32ClF2N3O4S. The van der Waals surface area contributed by atoms with E-state index in [9.17, 15) is 26.8 Å². The van der Waals surface area contributed by atoms with Crippen LogP contribution in [0.15, 0.2) is 72.8 Å². The number of rotatable bonds is 12. The summed E-state index contributed by atoms with van der Waals surface area (Å²) in [6.45, 7) is 2.99. The van der Waals surface area contributed by atoms with E-state index in [0.717, 1.165) is 28.3 Å². The minimum Gasteiger partial charge on any atom is -0.352 e. The number of nitrogens with zero attached hydrogens (tertiary/aromatic N) is 2. The first-order valence-electron chi connectivity index (χ1n) is 12.7. The lowest BCUT2D eigenvalue weighted by Crippen LogP contribution is -2.54. The lowest BCUT2D eigenvalue weighted by Gasteiger charge is -2.34. The van der Waals surface area contributed by atoms with Crippen LogP contribution in [0.4, 0.5) is 14.5 Å². The van der Waals surface area contributed by atoms with Crippen LogP contribution in [0.3, 0.4) is 0 Å². The van der Waals surface area contributed by atoms with Crippen molar-refractivity contribution < 1.29 is 26.8 Å². The second-order valence-electron chi connectivity index (χ2n) is 9.54. The molecule has 40 heavy (non-hydrogen) atoms. The molecule has 0 aliphatic carbocycles. The summed E-state index contributed by atoms with van der Waals surface area (Å²) in [7, 11) is -4.03. The van der Waals surface area contributed by atoms with Gasteiger partial charge in [0.15, 0.2) is 0 Å². The molecule has 3 aromatic carbocycles. The summed E-state index contributed by atoms with van der Waals surface area (Å²) in [5.74, 6) is -2.30. The SMILES string of the molecule is CC[C@H](C)NC(=O)[C@H](Cc1ccccc1)N(Cc1ccc(F)cc1)C(=O)CN(c1ccc(F)c(Cl)c1)S(C)(=O)=O. The van der Waals surface area contributed by atoms with E-state index in [1.807, 2.05) is 44.2 Å². The zero-order valence-corrected chi connectivity index (χ0v) is 24.1. The summed E-state index contributed by atoms with van der Waals surface area (Å²) < 4.78 is 53.8. The van der Waals surface area contributed by atoms with Gasteiger partial charge in [-0.25, -0.2) is 17.2 Å². The molecule has 11 heteroatoms. The molecule has 0 aromatic heterocycles. The fraction of sp³-hybridized carbons (Fsp3) is 0.310. The number of benzene rings is 3.